The minimum absolute atomic E-state index is 0.0461. The van der Waals surface area contributed by atoms with Gasteiger partial charge >= 0.3 is 0 Å². The molecular formula is C13H27N3. The first kappa shape index (κ1) is 12.3. The minimum Gasteiger partial charge on any atom is -0.324 e. The van der Waals surface area contributed by atoms with Gasteiger partial charge in [0.05, 0.1) is 0 Å². The van der Waals surface area contributed by atoms with Crippen LogP contribution in [0.5, 0.6) is 0 Å². The fourth-order valence-corrected chi connectivity index (χ4v) is 3.13. The van der Waals surface area contributed by atoms with Crippen molar-refractivity contribution in [1.29, 1.82) is 0 Å². The van der Waals surface area contributed by atoms with Gasteiger partial charge in [-0.3, -0.25) is 9.80 Å². The molecule has 2 rings (SSSR count). The van der Waals surface area contributed by atoms with Crippen molar-refractivity contribution in [3.8, 4) is 0 Å². The molecule has 2 aliphatic rings. The number of nitrogens with two attached hydrogens (primary N) is 1. The van der Waals surface area contributed by atoms with E-state index in [1.165, 1.54) is 51.9 Å². The van der Waals surface area contributed by atoms with E-state index in [-0.39, 0.29) is 5.54 Å². The molecule has 2 N–H and O–H groups in total. The Labute approximate surface area is 100.0 Å². The van der Waals surface area contributed by atoms with Crippen molar-refractivity contribution >= 4 is 0 Å². The number of nitrogens with zero attached hydrogens (tertiary/aromatic N) is 2. The highest BCUT2D eigenvalue weighted by molar-refractivity contribution is 4.85. The van der Waals surface area contributed by atoms with Gasteiger partial charge < -0.3 is 5.73 Å². The lowest BCUT2D eigenvalue weighted by atomic mass is 10.1. The van der Waals surface area contributed by atoms with E-state index in [0.717, 1.165) is 12.6 Å². The van der Waals surface area contributed by atoms with Gasteiger partial charge in [-0.1, -0.05) is 12.8 Å². The van der Waals surface area contributed by atoms with Gasteiger partial charge in [0, 0.05) is 44.3 Å². The molecule has 0 atom stereocenters. The van der Waals surface area contributed by atoms with Crippen LogP contribution in [0.15, 0.2) is 0 Å². The summed E-state index contributed by atoms with van der Waals surface area (Å²) in [6, 6.07) is 0.896. The van der Waals surface area contributed by atoms with Gasteiger partial charge in [0.2, 0.25) is 0 Å². The number of rotatable bonds is 3. The Kier molecular flexibility index (Phi) is 3.88. The Morgan fingerprint density at radius 2 is 1.62 bits per heavy atom. The fourth-order valence-electron chi connectivity index (χ4n) is 3.13. The zero-order chi connectivity index (χ0) is 11.6. The summed E-state index contributed by atoms with van der Waals surface area (Å²) in [5.74, 6) is 0. The summed E-state index contributed by atoms with van der Waals surface area (Å²) in [6.07, 6.45) is 5.76. The van der Waals surface area contributed by atoms with Crippen LogP contribution in [0.3, 0.4) is 0 Å². The summed E-state index contributed by atoms with van der Waals surface area (Å²) < 4.78 is 0. The fraction of sp³-hybridized carbons (Fsp3) is 1.00. The summed E-state index contributed by atoms with van der Waals surface area (Å²) in [5, 5.41) is 0. The topological polar surface area (TPSA) is 32.5 Å². The average molecular weight is 225 g/mol. The van der Waals surface area contributed by atoms with Gasteiger partial charge in [-0.2, -0.15) is 0 Å². The summed E-state index contributed by atoms with van der Waals surface area (Å²) in [6.45, 7) is 10.2. The summed E-state index contributed by atoms with van der Waals surface area (Å²) in [7, 11) is 0. The largest absolute Gasteiger partial charge is 0.324 e. The molecule has 0 aromatic heterocycles. The zero-order valence-corrected chi connectivity index (χ0v) is 10.9. The zero-order valence-electron chi connectivity index (χ0n) is 10.9. The molecule has 3 nitrogen and oxygen atoms in total. The third kappa shape index (κ3) is 3.44. The highest BCUT2D eigenvalue weighted by atomic mass is 15.3. The van der Waals surface area contributed by atoms with E-state index in [2.05, 4.69) is 23.6 Å². The second-order valence-corrected chi connectivity index (χ2v) is 6.24. The lowest BCUT2D eigenvalue weighted by Gasteiger charge is -2.40. The molecule has 0 unspecified atom stereocenters. The van der Waals surface area contributed by atoms with E-state index in [0.29, 0.717) is 0 Å². The van der Waals surface area contributed by atoms with Gasteiger partial charge in [-0.05, 0) is 26.7 Å². The molecule has 0 amide bonds. The van der Waals surface area contributed by atoms with Crippen LogP contribution in [0.2, 0.25) is 0 Å². The summed E-state index contributed by atoms with van der Waals surface area (Å²) >= 11 is 0. The summed E-state index contributed by atoms with van der Waals surface area (Å²) in [4.78, 5) is 5.22. The number of piperazine rings is 1. The van der Waals surface area contributed by atoms with Gasteiger partial charge in [0.15, 0.2) is 0 Å². The first-order valence-electron chi connectivity index (χ1n) is 6.80. The first-order chi connectivity index (χ1) is 7.54. The predicted octanol–water partition coefficient (Wildman–Crippen LogP) is 1.28. The Morgan fingerprint density at radius 1 is 1.06 bits per heavy atom. The van der Waals surface area contributed by atoms with E-state index in [1.807, 2.05) is 0 Å². The average Bonchev–Trinajstić information content (AvgIpc) is 2.69. The van der Waals surface area contributed by atoms with E-state index in [4.69, 9.17) is 5.73 Å². The molecule has 0 bridgehead atoms. The van der Waals surface area contributed by atoms with E-state index >= 15 is 0 Å². The van der Waals surface area contributed by atoms with Crippen LogP contribution in [0, 0.1) is 0 Å². The normalized spacial score (nSPS) is 26.4. The van der Waals surface area contributed by atoms with Crippen molar-refractivity contribution in [2.45, 2.75) is 51.1 Å². The van der Waals surface area contributed by atoms with Crippen LogP contribution in [0.25, 0.3) is 0 Å². The van der Waals surface area contributed by atoms with Gasteiger partial charge in [0.25, 0.3) is 0 Å². The molecule has 94 valence electrons. The monoisotopic (exact) mass is 225 g/mol. The van der Waals surface area contributed by atoms with Crippen LogP contribution in [0.4, 0.5) is 0 Å². The van der Waals surface area contributed by atoms with Crippen molar-refractivity contribution in [2.24, 2.45) is 5.73 Å². The third-order valence-electron chi connectivity index (χ3n) is 3.88. The van der Waals surface area contributed by atoms with Crippen molar-refractivity contribution in [3.05, 3.63) is 0 Å². The Morgan fingerprint density at radius 3 is 2.12 bits per heavy atom. The van der Waals surface area contributed by atoms with Crippen molar-refractivity contribution in [1.82, 2.24) is 9.80 Å². The van der Waals surface area contributed by atoms with Crippen LogP contribution in [-0.2, 0) is 0 Å². The molecule has 0 spiro atoms. The van der Waals surface area contributed by atoms with Gasteiger partial charge in [0.1, 0.15) is 0 Å². The number of hydrogen-bond acceptors (Lipinski definition) is 3. The minimum atomic E-state index is -0.0461. The molecule has 2 fully saturated rings. The second kappa shape index (κ2) is 5.03. The molecule has 1 heterocycles. The number of hydrogen-bond donors (Lipinski definition) is 1. The SMILES string of the molecule is CC(C)(N)CN1CCN(C2CCCC2)CC1. The van der Waals surface area contributed by atoms with Crippen LogP contribution >= 0.6 is 0 Å². The maximum Gasteiger partial charge on any atom is 0.0226 e. The standard InChI is InChI=1S/C13H27N3/c1-13(2,14)11-15-7-9-16(10-8-15)12-5-3-4-6-12/h12H,3-11,14H2,1-2H3. The van der Waals surface area contributed by atoms with Crippen LogP contribution < -0.4 is 5.73 Å². The Hall–Kier alpha value is -0.120. The Bertz CT molecular complexity index is 208. The first-order valence-corrected chi connectivity index (χ1v) is 6.80. The molecule has 16 heavy (non-hydrogen) atoms. The van der Waals surface area contributed by atoms with E-state index < -0.39 is 0 Å². The molecule has 3 heteroatoms. The van der Waals surface area contributed by atoms with Crippen LogP contribution in [0.1, 0.15) is 39.5 Å². The highest BCUT2D eigenvalue weighted by Gasteiger charge is 2.27. The lowest BCUT2D eigenvalue weighted by Crippen LogP contribution is -2.54. The lowest BCUT2D eigenvalue weighted by molar-refractivity contribution is 0.0868. The molecule has 1 aliphatic carbocycles. The Balaban J connectivity index is 1.74. The predicted molar refractivity (Wildman–Crippen MR) is 68.5 cm³/mol. The van der Waals surface area contributed by atoms with Crippen molar-refractivity contribution in [3.63, 3.8) is 0 Å². The third-order valence-corrected chi connectivity index (χ3v) is 3.88. The van der Waals surface area contributed by atoms with E-state index in [1.54, 1.807) is 0 Å². The quantitative estimate of drug-likeness (QED) is 0.785. The summed E-state index contributed by atoms with van der Waals surface area (Å²) in [5.41, 5.74) is 6.02. The smallest absolute Gasteiger partial charge is 0.0226 e. The van der Waals surface area contributed by atoms with Crippen molar-refractivity contribution < 1.29 is 0 Å². The molecule has 1 saturated heterocycles. The highest BCUT2D eigenvalue weighted by Crippen LogP contribution is 2.24. The second-order valence-electron chi connectivity index (χ2n) is 6.24. The molecule has 0 radical (unpaired) electrons. The molecule has 1 aliphatic heterocycles. The van der Waals surface area contributed by atoms with Crippen LogP contribution in [-0.4, -0.2) is 54.1 Å². The maximum absolute atomic E-state index is 6.07. The molecule has 0 aromatic rings. The molecule has 1 saturated carbocycles. The van der Waals surface area contributed by atoms with Gasteiger partial charge in [-0.15, -0.1) is 0 Å². The maximum atomic E-state index is 6.07. The van der Waals surface area contributed by atoms with E-state index in [9.17, 15) is 0 Å². The molecular weight excluding hydrogens is 198 g/mol. The molecule has 0 aromatic carbocycles. The van der Waals surface area contributed by atoms with Gasteiger partial charge in [-0.25, -0.2) is 0 Å². The van der Waals surface area contributed by atoms with Crippen molar-refractivity contribution in [2.75, 3.05) is 32.7 Å².